The number of aryl methyl sites for hydroxylation is 1. The Balaban J connectivity index is 1.59. The number of halogens is 1. The summed E-state index contributed by atoms with van der Waals surface area (Å²) in [5.41, 5.74) is 4.29. The van der Waals surface area contributed by atoms with Gasteiger partial charge in [0.05, 0.1) is 20.0 Å². The zero-order chi connectivity index (χ0) is 25.4. The molecule has 1 unspecified atom stereocenters. The van der Waals surface area contributed by atoms with Crippen LogP contribution in [0.2, 0.25) is 0 Å². The van der Waals surface area contributed by atoms with Crippen LogP contribution in [0.3, 0.4) is 0 Å². The summed E-state index contributed by atoms with van der Waals surface area (Å²) < 4.78 is 2.80. The SMILES string of the molecule is CC(=O)N(C1=NN(C(C)=O)C(c2cn(-c3ccccc3)nc2-c2ccc(Br)s2)S1)c1ccc(C)cc1. The van der Waals surface area contributed by atoms with Gasteiger partial charge in [-0.25, -0.2) is 9.69 Å². The normalized spacial score (nSPS) is 15.2. The molecule has 36 heavy (non-hydrogen) atoms. The number of thiophene rings is 1. The molecule has 5 rings (SSSR count). The Morgan fingerprint density at radius 2 is 1.72 bits per heavy atom. The van der Waals surface area contributed by atoms with Gasteiger partial charge in [-0.2, -0.15) is 5.10 Å². The summed E-state index contributed by atoms with van der Waals surface area (Å²) in [7, 11) is 0. The number of amidine groups is 1. The third-order valence-electron chi connectivity index (χ3n) is 5.59. The van der Waals surface area contributed by atoms with Gasteiger partial charge >= 0.3 is 0 Å². The summed E-state index contributed by atoms with van der Waals surface area (Å²) in [6.45, 7) is 4.97. The van der Waals surface area contributed by atoms with Crippen LogP contribution in [0.25, 0.3) is 16.3 Å². The smallest absolute Gasteiger partial charge is 0.241 e. The number of amides is 2. The van der Waals surface area contributed by atoms with E-state index in [0.717, 1.165) is 31.2 Å². The molecule has 1 atom stereocenters. The molecule has 1 aliphatic rings. The van der Waals surface area contributed by atoms with Gasteiger partial charge in [-0.15, -0.1) is 16.4 Å². The number of thioether (sulfide) groups is 1. The number of benzene rings is 2. The number of hydrogen-bond acceptors (Lipinski definition) is 6. The van der Waals surface area contributed by atoms with Crippen molar-refractivity contribution in [3.8, 4) is 16.3 Å². The molecular weight excluding hydrogens is 558 g/mol. The molecule has 0 saturated carbocycles. The molecule has 0 saturated heterocycles. The first-order chi connectivity index (χ1) is 17.3. The van der Waals surface area contributed by atoms with Crippen molar-refractivity contribution in [1.29, 1.82) is 0 Å². The number of rotatable bonds is 4. The maximum Gasteiger partial charge on any atom is 0.241 e. The van der Waals surface area contributed by atoms with E-state index in [1.54, 1.807) is 16.2 Å². The number of carbonyl (C=O) groups excluding carboxylic acids is 2. The van der Waals surface area contributed by atoms with Gasteiger partial charge in [0.15, 0.2) is 5.17 Å². The van der Waals surface area contributed by atoms with E-state index in [2.05, 4.69) is 21.0 Å². The minimum Gasteiger partial charge on any atom is -0.274 e. The number of aromatic nitrogens is 2. The molecule has 0 N–H and O–H groups in total. The molecule has 3 heterocycles. The lowest BCUT2D eigenvalue weighted by molar-refractivity contribution is -0.129. The Labute approximate surface area is 225 Å². The first kappa shape index (κ1) is 24.5. The molecule has 0 fully saturated rings. The highest BCUT2D eigenvalue weighted by atomic mass is 79.9. The largest absolute Gasteiger partial charge is 0.274 e. The second kappa shape index (κ2) is 10.0. The molecule has 4 aromatic rings. The predicted octanol–water partition coefficient (Wildman–Crippen LogP) is 6.59. The first-order valence-corrected chi connectivity index (χ1v) is 13.6. The number of hydrazone groups is 1. The molecule has 0 bridgehead atoms. The van der Waals surface area contributed by atoms with E-state index in [1.807, 2.05) is 84.5 Å². The van der Waals surface area contributed by atoms with Gasteiger partial charge in [-0.1, -0.05) is 47.7 Å². The van der Waals surface area contributed by atoms with Crippen LogP contribution in [0.15, 0.2) is 81.8 Å². The molecule has 0 aliphatic carbocycles. The minimum atomic E-state index is -0.488. The van der Waals surface area contributed by atoms with Crippen LogP contribution < -0.4 is 4.90 Å². The summed E-state index contributed by atoms with van der Waals surface area (Å²) in [5, 5.41) is 10.9. The predicted molar refractivity (Wildman–Crippen MR) is 149 cm³/mol. The Bertz CT molecular complexity index is 1460. The summed E-state index contributed by atoms with van der Waals surface area (Å²) in [4.78, 5) is 28.0. The molecule has 2 aromatic heterocycles. The Morgan fingerprint density at radius 1 is 1.00 bits per heavy atom. The van der Waals surface area contributed by atoms with Crippen molar-refractivity contribution >= 4 is 61.7 Å². The van der Waals surface area contributed by atoms with Gasteiger partial charge in [0, 0.05) is 25.6 Å². The molecular formula is C26H22BrN5O2S2. The van der Waals surface area contributed by atoms with Crippen LogP contribution in [-0.2, 0) is 9.59 Å². The van der Waals surface area contributed by atoms with E-state index in [1.165, 1.54) is 30.6 Å². The fourth-order valence-electron chi connectivity index (χ4n) is 3.88. The summed E-state index contributed by atoms with van der Waals surface area (Å²) in [6.07, 6.45) is 1.94. The maximum absolute atomic E-state index is 12.7. The van der Waals surface area contributed by atoms with Gasteiger partial charge in [0.1, 0.15) is 11.1 Å². The number of anilines is 1. The van der Waals surface area contributed by atoms with Crippen molar-refractivity contribution in [3.05, 3.63) is 87.8 Å². The molecule has 2 amide bonds. The van der Waals surface area contributed by atoms with Gasteiger partial charge in [-0.05, 0) is 59.3 Å². The summed E-state index contributed by atoms with van der Waals surface area (Å²) >= 11 is 6.48. The second-order valence-corrected chi connectivity index (χ2v) is 11.7. The number of para-hydroxylation sites is 1. The lowest BCUT2D eigenvalue weighted by Crippen LogP contribution is -2.32. The summed E-state index contributed by atoms with van der Waals surface area (Å²) in [5.74, 6) is -0.405. The zero-order valence-corrected chi connectivity index (χ0v) is 23.0. The average molecular weight is 581 g/mol. The van der Waals surface area contributed by atoms with Crippen molar-refractivity contribution in [2.75, 3.05) is 4.90 Å². The van der Waals surface area contributed by atoms with Crippen molar-refractivity contribution in [1.82, 2.24) is 14.8 Å². The monoisotopic (exact) mass is 579 g/mol. The van der Waals surface area contributed by atoms with Crippen LogP contribution in [-0.4, -0.2) is 31.8 Å². The second-order valence-electron chi connectivity index (χ2n) is 8.22. The van der Waals surface area contributed by atoms with Crippen molar-refractivity contribution in [3.63, 3.8) is 0 Å². The topological polar surface area (TPSA) is 70.8 Å². The molecule has 2 aromatic carbocycles. The number of nitrogens with zero attached hydrogens (tertiary/aromatic N) is 5. The highest BCUT2D eigenvalue weighted by Crippen LogP contribution is 2.46. The third-order valence-corrected chi connectivity index (χ3v) is 8.37. The van der Waals surface area contributed by atoms with Crippen LogP contribution in [0.5, 0.6) is 0 Å². The Morgan fingerprint density at radius 3 is 2.33 bits per heavy atom. The van der Waals surface area contributed by atoms with E-state index in [0.29, 0.717) is 10.9 Å². The molecule has 7 nitrogen and oxygen atoms in total. The highest BCUT2D eigenvalue weighted by molar-refractivity contribution is 9.11. The Kier molecular flexibility index (Phi) is 6.83. The van der Waals surface area contributed by atoms with Crippen LogP contribution in [0, 0.1) is 6.92 Å². The molecule has 0 spiro atoms. The minimum absolute atomic E-state index is 0.184. The van der Waals surface area contributed by atoms with Gasteiger partial charge in [-0.3, -0.25) is 14.5 Å². The van der Waals surface area contributed by atoms with Crippen molar-refractivity contribution in [2.24, 2.45) is 5.10 Å². The molecule has 1 aliphatic heterocycles. The van der Waals surface area contributed by atoms with E-state index >= 15 is 0 Å². The molecule has 0 radical (unpaired) electrons. The molecule has 10 heteroatoms. The number of carbonyl (C=O) groups is 2. The Hall–Kier alpha value is -3.21. The van der Waals surface area contributed by atoms with Crippen LogP contribution >= 0.6 is 39.0 Å². The summed E-state index contributed by atoms with van der Waals surface area (Å²) in [6, 6.07) is 21.5. The maximum atomic E-state index is 12.7. The van der Waals surface area contributed by atoms with E-state index in [-0.39, 0.29) is 11.8 Å². The van der Waals surface area contributed by atoms with E-state index < -0.39 is 5.37 Å². The quantitative estimate of drug-likeness (QED) is 0.273. The molecule has 182 valence electrons. The van der Waals surface area contributed by atoms with Gasteiger partial charge in [0.25, 0.3) is 0 Å². The third kappa shape index (κ3) is 4.76. The first-order valence-electron chi connectivity index (χ1n) is 11.1. The van der Waals surface area contributed by atoms with E-state index in [9.17, 15) is 9.59 Å². The fraction of sp³-hybridized carbons (Fsp3) is 0.154. The van der Waals surface area contributed by atoms with Gasteiger partial charge < -0.3 is 0 Å². The highest BCUT2D eigenvalue weighted by Gasteiger charge is 2.38. The average Bonchev–Trinajstić information content (AvgIpc) is 3.59. The standard InChI is InChI=1S/C26H22BrN5O2S2/c1-16-9-11-20(12-10-16)31(17(2)33)26-29-32(18(3)34)25(36-26)21-15-30(19-7-5-4-6-8-19)28-24(21)22-13-14-23(27)35-22/h4-15,25H,1-3H3. The number of hydrogen-bond donors (Lipinski definition) is 0. The van der Waals surface area contributed by atoms with Crippen molar-refractivity contribution < 1.29 is 9.59 Å². The lowest BCUT2D eigenvalue weighted by atomic mass is 10.2. The van der Waals surface area contributed by atoms with Crippen molar-refractivity contribution in [2.45, 2.75) is 26.1 Å². The zero-order valence-electron chi connectivity index (χ0n) is 19.8. The van der Waals surface area contributed by atoms with Crippen LogP contribution in [0.4, 0.5) is 5.69 Å². The van der Waals surface area contributed by atoms with Gasteiger partial charge in [0.2, 0.25) is 11.8 Å². The fourth-order valence-corrected chi connectivity index (χ4v) is 6.54. The van der Waals surface area contributed by atoms with Crippen LogP contribution in [0.1, 0.15) is 30.3 Å². The lowest BCUT2D eigenvalue weighted by Gasteiger charge is -2.20. The van der Waals surface area contributed by atoms with E-state index in [4.69, 9.17) is 5.10 Å².